The van der Waals surface area contributed by atoms with Crippen molar-refractivity contribution in [2.24, 2.45) is 5.92 Å². The quantitative estimate of drug-likeness (QED) is 0.859. The molecule has 4 rings (SSSR count). The molecule has 2 aliphatic rings. The standard InChI is InChI=1S/C21H21ClN2O2/c22-17-3-1-2-14(12-17)4-9-20(25)23-18-8-7-15-10-11-24(19(15)13-18)21(26)16-5-6-16/h1-3,7-8,12-13,16H,4-6,9-11H2,(H,23,25). The first-order chi connectivity index (χ1) is 12.6. The Kier molecular flexibility index (Phi) is 4.68. The first-order valence-electron chi connectivity index (χ1n) is 9.09. The van der Waals surface area contributed by atoms with E-state index in [2.05, 4.69) is 5.32 Å². The monoisotopic (exact) mass is 368 g/mol. The number of nitrogens with zero attached hydrogens (tertiary/aromatic N) is 1. The predicted molar refractivity (Wildman–Crippen MR) is 104 cm³/mol. The number of halogens is 1. The van der Waals surface area contributed by atoms with Crippen LogP contribution in [0.4, 0.5) is 11.4 Å². The highest BCUT2D eigenvalue weighted by Crippen LogP contribution is 2.37. The number of anilines is 2. The molecule has 0 bridgehead atoms. The van der Waals surface area contributed by atoms with Gasteiger partial charge in [0.05, 0.1) is 0 Å². The summed E-state index contributed by atoms with van der Waals surface area (Å²) < 4.78 is 0. The van der Waals surface area contributed by atoms with Gasteiger partial charge in [-0.25, -0.2) is 0 Å². The molecule has 4 nitrogen and oxygen atoms in total. The summed E-state index contributed by atoms with van der Waals surface area (Å²) in [5, 5.41) is 3.63. The molecule has 0 saturated heterocycles. The molecule has 0 radical (unpaired) electrons. The molecule has 26 heavy (non-hydrogen) atoms. The second kappa shape index (κ2) is 7.12. The van der Waals surface area contributed by atoms with E-state index in [9.17, 15) is 9.59 Å². The topological polar surface area (TPSA) is 49.4 Å². The number of rotatable bonds is 5. The summed E-state index contributed by atoms with van der Waals surface area (Å²) >= 11 is 5.98. The van der Waals surface area contributed by atoms with Crippen LogP contribution < -0.4 is 10.2 Å². The SMILES string of the molecule is O=C(CCc1cccc(Cl)c1)Nc1ccc2c(c1)N(C(=O)C1CC1)CC2. The van der Waals surface area contributed by atoms with Crippen molar-refractivity contribution in [2.45, 2.75) is 32.1 Å². The van der Waals surface area contributed by atoms with Crippen LogP contribution in [0.1, 0.15) is 30.4 Å². The van der Waals surface area contributed by atoms with E-state index >= 15 is 0 Å². The van der Waals surface area contributed by atoms with Crippen molar-refractivity contribution in [1.82, 2.24) is 0 Å². The van der Waals surface area contributed by atoms with E-state index in [-0.39, 0.29) is 17.7 Å². The van der Waals surface area contributed by atoms with Crippen LogP contribution in [0.2, 0.25) is 5.02 Å². The maximum atomic E-state index is 12.4. The fourth-order valence-electron chi connectivity index (χ4n) is 3.41. The van der Waals surface area contributed by atoms with E-state index in [1.807, 2.05) is 47.4 Å². The molecule has 2 amide bonds. The molecular formula is C21H21ClN2O2. The smallest absolute Gasteiger partial charge is 0.230 e. The summed E-state index contributed by atoms with van der Waals surface area (Å²) in [6, 6.07) is 13.4. The van der Waals surface area contributed by atoms with E-state index in [1.165, 1.54) is 5.56 Å². The fraction of sp³-hybridized carbons (Fsp3) is 0.333. The minimum absolute atomic E-state index is 0.0389. The molecule has 0 unspecified atom stereocenters. The molecule has 0 aromatic heterocycles. The zero-order valence-electron chi connectivity index (χ0n) is 14.5. The predicted octanol–water partition coefficient (Wildman–Crippen LogP) is 4.21. The van der Waals surface area contributed by atoms with Crippen LogP contribution in [0, 0.1) is 5.92 Å². The Labute approximate surface area is 158 Å². The zero-order valence-corrected chi connectivity index (χ0v) is 15.3. The zero-order chi connectivity index (χ0) is 18.1. The third-order valence-corrected chi connectivity index (χ3v) is 5.22. The average molecular weight is 369 g/mol. The van der Waals surface area contributed by atoms with Crippen LogP contribution >= 0.6 is 11.6 Å². The van der Waals surface area contributed by atoms with Crippen LogP contribution in [-0.2, 0) is 22.4 Å². The van der Waals surface area contributed by atoms with Crippen LogP contribution in [0.3, 0.4) is 0 Å². The molecule has 1 heterocycles. The Morgan fingerprint density at radius 2 is 2.00 bits per heavy atom. The molecular weight excluding hydrogens is 348 g/mol. The fourth-order valence-corrected chi connectivity index (χ4v) is 3.62. The highest BCUT2D eigenvalue weighted by atomic mass is 35.5. The van der Waals surface area contributed by atoms with Crippen LogP contribution in [-0.4, -0.2) is 18.4 Å². The summed E-state index contributed by atoms with van der Waals surface area (Å²) in [5.74, 6) is 0.396. The number of carbonyl (C=O) groups is 2. The van der Waals surface area contributed by atoms with Gasteiger partial charge in [-0.3, -0.25) is 9.59 Å². The van der Waals surface area contributed by atoms with E-state index in [0.29, 0.717) is 17.9 Å². The van der Waals surface area contributed by atoms with Gasteiger partial charge in [0.15, 0.2) is 0 Å². The van der Waals surface area contributed by atoms with E-state index < -0.39 is 0 Å². The number of hydrogen-bond acceptors (Lipinski definition) is 2. The first-order valence-corrected chi connectivity index (χ1v) is 9.46. The Bertz CT molecular complexity index is 861. The molecule has 1 N–H and O–H groups in total. The lowest BCUT2D eigenvalue weighted by Crippen LogP contribution is -2.30. The maximum Gasteiger partial charge on any atom is 0.230 e. The van der Waals surface area contributed by atoms with Crippen molar-refractivity contribution < 1.29 is 9.59 Å². The normalized spacial score (nSPS) is 15.7. The molecule has 2 aromatic carbocycles. The van der Waals surface area contributed by atoms with Crippen molar-refractivity contribution in [2.75, 3.05) is 16.8 Å². The highest BCUT2D eigenvalue weighted by molar-refractivity contribution is 6.30. The molecule has 5 heteroatoms. The lowest BCUT2D eigenvalue weighted by Gasteiger charge is -2.18. The number of aryl methyl sites for hydroxylation is 1. The van der Waals surface area contributed by atoms with Crippen molar-refractivity contribution in [3.63, 3.8) is 0 Å². The number of hydrogen-bond donors (Lipinski definition) is 1. The summed E-state index contributed by atoms with van der Waals surface area (Å²) in [7, 11) is 0. The molecule has 1 saturated carbocycles. The van der Waals surface area contributed by atoms with Gasteiger partial charge in [0.25, 0.3) is 0 Å². The number of fused-ring (bicyclic) bond motifs is 1. The summed E-state index contributed by atoms with van der Waals surface area (Å²) in [6.45, 7) is 0.747. The summed E-state index contributed by atoms with van der Waals surface area (Å²) in [6.07, 6.45) is 3.93. The van der Waals surface area contributed by atoms with Gasteiger partial charge in [0.1, 0.15) is 0 Å². The number of nitrogens with one attached hydrogen (secondary N) is 1. The largest absolute Gasteiger partial charge is 0.326 e. The lowest BCUT2D eigenvalue weighted by atomic mass is 10.1. The molecule has 1 fully saturated rings. The van der Waals surface area contributed by atoms with Gasteiger partial charge < -0.3 is 10.2 Å². The van der Waals surface area contributed by atoms with Crippen molar-refractivity contribution in [3.05, 3.63) is 58.6 Å². The molecule has 0 atom stereocenters. The minimum atomic E-state index is -0.0389. The van der Waals surface area contributed by atoms with Crippen LogP contribution in [0.25, 0.3) is 0 Å². The minimum Gasteiger partial charge on any atom is -0.326 e. The van der Waals surface area contributed by atoms with E-state index in [0.717, 1.165) is 42.7 Å². The molecule has 2 aromatic rings. The number of benzene rings is 2. The number of carbonyl (C=O) groups excluding carboxylic acids is 2. The summed E-state index contributed by atoms with van der Waals surface area (Å²) in [5.41, 5.74) is 3.92. The Hall–Kier alpha value is -2.33. The first kappa shape index (κ1) is 17.1. The van der Waals surface area contributed by atoms with Gasteiger partial charge in [-0.1, -0.05) is 29.8 Å². The van der Waals surface area contributed by atoms with E-state index in [4.69, 9.17) is 11.6 Å². The second-order valence-electron chi connectivity index (χ2n) is 7.04. The Morgan fingerprint density at radius 3 is 2.77 bits per heavy atom. The third kappa shape index (κ3) is 3.75. The van der Waals surface area contributed by atoms with Gasteiger partial charge in [-0.05, 0) is 61.1 Å². The Balaban J connectivity index is 1.40. The van der Waals surface area contributed by atoms with Crippen molar-refractivity contribution in [1.29, 1.82) is 0 Å². The lowest BCUT2D eigenvalue weighted by molar-refractivity contribution is -0.119. The van der Waals surface area contributed by atoms with Crippen molar-refractivity contribution >= 4 is 34.8 Å². The number of amides is 2. The van der Waals surface area contributed by atoms with Gasteiger partial charge in [-0.15, -0.1) is 0 Å². The second-order valence-corrected chi connectivity index (χ2v) is 7.47. The van der Waals surface area contributed by atoms with E-state index in [1.54, 1.807) is 0 Å². The molecule has 134 valence electrons. The van der Waals surface area contributed by atoms with Gasteiger partial charge in [0, 0.05) is 35.3 Å². The molecule has 1 aliphatic heterocycles. The van der Waals surface area contributed by atoms with Crippen LogP contribution in [0.15, 0.2) is 42.5 Å². The summed E-state index contributed by atoms with van der Waals surface area (Å²) in [4.78, 5) is 26.6. The highest BCUT2D eigenvalue weighted by Gasteiger charge is 2.36. The average Bonchev–Trinajstić information content (AvgIpc) is 3.39. The van der Waals surface area contributed by atoms with Gasteiger partial charge in [-0.2, -0.15) is 0 Å². The third-order valence-electron chi connectivity index (χ3n) is 4.99. The maximum absolute atomic E-state index is 12.4. The Morgan fingerprint density at radius 1 is 1.15 bits per heavy atom. The van der Waals surface area contributed by atoms with Gasteiger partial charge in [0.2, 0.25) is 11.8 Å². The molecule has 0 spiro atoms. The van der Waals surface area contributed by atoms with Crippen molar-refractivity contribution in [3.8, 4) is 0 Å². The van der Waals surface area contributed by atoms with Crippen LogP contribution in [0.5, 0.6) is 0 Å². The van der Waals surface area contributed by atoms with Gasteiger partial charge >= 0.3 is 0 Å². The molecule has 1 aliphatic carbocycles.